The van der Waals surface area contributed by atoms with Gasteiger partial charge in [-0.3, -0.25) is 0 Å². The Morgan fingerprint density at radius 1 is 1.20 bits per heavy atom. The lowest BCUT2D eigenvalue weighted by atomic mass is 10.1. The van der Waals surface area contributed by atoms with Crippen LogP contribution < -0.4 is 10.1 Å². The minimum absolute atomic E-state index is 0.0411. The van der Waals surface area contributed by atoms with E-state index in [4.69, 9.17) is 4.74 Å². The third-order valence-electron chi connectivity index (χ3n) is 2.87. The summed E-state index contributed by atoms with van der Waals surface area (Å²) >= 11 is 0. The molecule has 0 aliphatic rings. The van der Waals surface area contributed by atoms with Gasteiger partial charge in [-0.15, -0.1) is 0 Å². The van der Waals surface area contributed by atoms with E-state index in [1.807, 2.05) is 58.9 Å². The van der Waals surface area contributed by atoms with Crippen LogP contribution in [0.5, 0.6) is 5.75 Å². The highest BCUT2D eigenvalue weighted by Gasteiger charge is 2.15. The molecule has 1 rings (SSSR count). The number of para-hydroxylation sites is 1. The fraction of sp³-hybridized carbons (Fsp3) is 0.562. The first-order chi connectivity index (χ1) is 9.37. The highest BCUT2D eigenvalue weighted by atomic mass is 16.5. The van der Waals surface area contributed by atoms with Gasteiger partial charge in [-0.2, -0.15) is 0 Å². The molecule has 0 heterocycles. The maximum absolute atomic E-state index is 11.9. The van der Waals surface area contributed by atoms with Gasteiger partial charge in [-0.1, -0.05) is 18.2 Å². The smallest absolute Gasteiger partial charge is 0.317 e. The molecule has 2 amide bonds. The minimum atomic E-state index is -0.251. The molecule has 0 spiro atoms. The summed E-state index contributed by atoms with van der Waals surface area (Å²) in [6.45, 7) is 11.9. The van der Waals surface area contributed by atoms with Gasteiger partial charge in [-0.25, -0.2) is 4.79 Å². The number of ether oxygens (including phenoxy) is 1. The number of carbonyl (C=O) groups is 1. The van der Waals surface area contributed by atoms with Crippen molar-refractivity contribution in [3.63, 3.8) is 0 Å². The van der Waals surface area contributed by atoms with Gasteiger partial charge in [0.25, 0.3) is 0 Å². The Kier molecular flexibility index (Phi) is 5.86. The second-order valence-electron chi connectivity index (χ2n) is 5.65. The van der Waals surface area contributed by atoms with Crippen LogP contribution in [0.2, 0.25) is 0 Å². The van der Waals surface area contributed by atoms with E-state index in [0.717, 1.165) is 11.3 Å². The molecule has 0 radical (unpaired) electrons. The molecule has 4 nitrogen and oxygen atoms in total. The summed E-state index contributed by atoms with van der Waals surface area (Å²) in [4.78, 5) is 13.7. The van der Waals surface area contributed by atoms with E-state index in [1.54, 1.807) is 4.90 Å². The van der Waals surface area contributed by atoms with Gasteiger partial charge >= 0.3 is 6.03 Å². The average Bonchev–Trinajstić information content (AvgIpc) is 2.37. The lowest BCUT2D eigenvalue weighted by Crippen LogP contribution is -2.39. The molecule has 0 aliphatic carbocycles. The first-order valence-electron chi connectivity index (χ1n) is 7.17. The van der Waals surface area contributed by atoms with E-state index >= 15 is 0 Å². The number of hydrogen-bond acceptors (Lipinski definition) is 2. The van der Waals surface area contributed by atoms with Crippen molar-refractivity contribution in [1.82, 2.24) is 10.2 Å². The Morgan fingerprint density at radius 2 is 1.80 bits per heavy atom. The lowest BCUT2D eigenvalue weighted by Gasteiger charge is -2.24. The number of rotatable bonds is 5. The van der Waals surface area contributed by atoms with Gasteiger partial charge in [0.1, 0.15) is 11.4 Å². The minimum Gasteiger partial charge on any atom is -0.488 e. The summed E-state index contributed by atoms with van der Waals surface area (Å²) < 4.78 is 5.91. The first kappa shape index (κ1) is 16.3. The van der Waals surface area contributed by atoms with E-state index in [2.05, 4.69) is 5.32 Å². The molecule has 1 aromatic rings. The van der Waals surface area contributed by atoms with E-state index in [1.165, 1.54) is 0 Å². The predicted octanol–water partition coefficient (Wildman–Crippen LogP) is 3.42. The molecular weight excluding hydrogens is 252 g/mol. The van der Waals surface area contributed by atoms with Gasteiger partial charge in [0, 0.05) is 25.2 Å². The van der Waals surface area contributed by atoms with Gasteiger partial charge in [0.2, 0.25) is 0 Å². The molecule has 0 aliphatic heterocycles. The Morgan fingerprint density at radius 3 is 2.35 bits per heavy atom. The van der Waals surface area contributed by atoms with Crippen molar-refractivity contribution in [3.8, 4) is 5.75 Å². The molecule has 20 heavy (non-hydrogen) atoms. The molecule has 0 unspecified atom stereocenters. The van der Waals surface area contributed by atoms with Crippen molar-refractivity contribution >= 4 is 6.03 Å². The van der Waals surface area contributed by atoms with Crippen LogP contribution in [-0.4, -0.2) is 29.6 Å². The van der Waals surface area contributed by atoms with Crippen LogP contribution in [0.4, 0.5) is 4.79 Å². The molecule has 0 atom stereocenters. The summed E-state index contributed by atoms with van der Waals surface area (Å²) in [5, 5.41) is 2.93. The zero-order chi connectivity index (χ0) is 15.2. The Balaban J connectivity index is 2.71. The number of hydrogen-bond donors (Lipinski definition) is 1. The van der Waals surface area contributed by atoms with Crippen molar-refractivity contribution in [2.45, 2.75) is 46.8 Å². The van der Waals surface area contributed by atoms with Gasteiger partial charge < -0.3 is 15.0 Å². The largest absolute Gasteiger partial charge is 0.488 e. The van der Waals surface area contributed by atoms with Gasteiger partial charge in [-0.05, 0) is 40.7 Å². The van der Waals surface area contributed by atoms with E-state index in [0.29, 0.717) is 19.6 Å². The van der Waals surface area contributed by atoms with Crippen molar-refractivity contribution in [2.75, 3.05) is 13.1 Å². The molecular formula is C16H26N2O2. The monoisotopic (exact) mass is 278 g/mol. The molecule has 0 bridgehead atoms. The molecule has 0 aromatic heterocycles. The van der Waals surface area contributed by atoms with Gasteiger partial charge in [0.05, 0.1) is 0 Å². The second kappa shape index (κ2) is 7.17. The topological polar surface area (TPSA) is 41.6 Å². The highest BCUT2D eigenvalue weighted by molar-refractivity contribution is 5.74. The van der Waals surface area contributed by atoms with Crippen LogP contribution in [0.25, 0.3) is 0 Å². The molecule has 1 aromatic carbocycles. The first-order valence-corrected chi connectivity index (χ1v) is 7.17. The molecule has 4 heteroatoms. The van der Waals surface area contributed by atoms with Crippen LogP contribution >= 0.6 is 0 Å². The zero-order valence-corrected chi connectivity index (χ0v) is 13.2. The second-order valence-corrected chi connectivity index (χ2v) is 5.65. The number of nitrogens with zero attached hydrogens (tertiary/aromatic N) is 1. The summed E-state index contributed by atoms with van der Waals surface area (Å²) in [5.41, 5.74) is 0.738. The summed E-state index contributed by atoms with van der Waals surface area (Å²) in [5.74, 6) is 0.819. The number of urea groups is 1. The quantitative estimate of drug-likeness (QED) is 0.896. The van der Waals surface area contributed by atoms with Crippen LogP contribution in [-0.2, 0) is 6.54 Å². The molecule has 112 valence electrons. The van der Waals surface area contributed by atoms with Crippen LogP contribution in [0.1, 0.15) is 40.2 Å². The standard InChI is InChI=1S/C16H26N2O2/c1-6-18(7-2)15(19)17-12-13-10-8-9-11-14(13)20-16(3,4)5/h8-11H,6-7,12H2,1-5H3,(H,17,19). The normalized spacial score (nSPS) is 11.1. The fourth-order valence-corrected chi connectivity index (χ4v) is 1.87. The Bertz CT molecular complexity index is 434. The van der Waals surface area contributed by atoms with E-state index < -0.39 is 0 Å². The van der Waals surface area contributed by atoms with Crippen molar-refractivity contribution in [3.05, 3.63) is 29.8 Å². The third-order valence-corrected chi connectivity index (χ3v) is 2.87. The highest BCUT2D eigenvalue weighted by Crippen LogP contribution is 2.22. The van der Waals surface area contributed by atoms with E-state index in [9.17, 15) is 4.79 Å². The predicted molar refractivity (Wildman–Crippen MR) is 82.0 cm³/mol. The molecule has 1 N–H and O–H groups in total. The van der Waals surface area contributed by atoms with Crippen molar-refractivity contribution < 1.29 is 9.53 Å². The Hall–Kier alpha value is -1.71. The van der Waals surface area contributed by atoms with Crippen LogP contribution in [0, 0.1) is 0 Å². The molecule has 0 saturated heterocycles. The van der Waals surface area contributed by atoms with E-state index in [-0.39, 0.29) is 11.6 Å². The number of carbonyl (C=O) groups excluding carboxylic acids is 1. The lowest BCUT2D eigenvalue weighted by molar-refractivity contribution is 0.129. The molecule has 0 fully saturated rings. The number of nitrogens with one attached hydrogen (secondary N) is 1. The number of amides is 2. The third kappa shape index (κ3) is 5.11. The molecule has 0 saturated carbocycles. The maximum atomic E-state index is 11.9. The number of benzene rings is 1. The zero-order valence-electron chi connectivity index (χ0n) is 13.2. The van der Waals surface area contributed by atoms with Crippen LogP contribution in [0.15, 0.2) is 24.3 Å². The van der Waals surface area contributed by atoms with Gasteiger partial charge in [0.15, 0.2) is 0 Å². The summed E-state index contributed by atoms with van der Waals surface area (Å²) in [6.07, 6.45) is 0. The average molecular weight is 278 g/mol. The summed E-state index contributed by atoms with van der Waals surface area (Å²) in [6, 6.07) is 7.76. The van der Waals surface area contributed by atoms with Crippen molar-refractivity contribution in [1.29, 1.82) is 0 Å². The fourth-order valence-electron chi connectivity index (χ4n) is 1.87. The SMILES string of the molecule is CCN(CC)C(=O)NCc1ccccc1OC(C)(C)C. The summed E-state index contributed by atoms with van der Waals surface area (Å²) in [7, 11) is 0. The maximum Gasteiger partial charge on any atom is 0.317 e. The van der Waals surface area contributed by atoms with Crippen LogP contribution in [0.3, 0.4) is 0 Å². The Labute approximate surface area is 122 Å². The van der Waals surface area contributed by atoms with Crippen molar-refractivity contribution in [2.24, 2.45) is 0 Å².